The molecule has 0 N–H and O–H groups in total. The van der Waals surface area contributed by atoms with E-state index >= 15 is 0 Å². The molecule has 0 aliphatic carbocycles. The van der Waals surface area contributed by atoms with E-state index in [1.807, 2.05) is 49.4 Å². The van der Waals surface area contributed by atoms with Gasteiger partial charge < -0.3 is 0 Å². The van der Waals surface area contributed by atoms with Crippen molar-refractivity contribution in [2.24, 2.45) is 0 Å². The van der Waals surface area contributed by atoms with Gasteiger partial charge in [0.2, 0.25) is 0 Å². The molecule has 0 unspecified atom stereocenters. The van der Waals surface area contributed by atoms with Gasteiger partial charge in [0.25, 0.3) is 10.1 Å². The lowest BCUT2D eigenvalue weighted by atomic mass is 10.0. The molecule has 3 aromatic carbocycles. The third kappa shape index (κ3) is 3.60. The van der Waals surface area contributed by atoms with Gasteiger partial charge in [-0.15, -0.1) is 0 Å². The molecular weight excluding hydrogens is 308 g/mol. The highest BCUT2D eigenvalue weighted by atomic mass is 32.2. The van der Waals surface area contributed by atoms with Gasteiger partial charge in [0.05, 0.1) is 11.5 Å². The molecule has 3 rings (SSSR count). The van der Waals surface area contributed by atoms with Crippen molar-refractivity contribution < 1.29 is 12.6 Å². The van der Waals surface area contributed by atoms with Crippen molar-refractivity contribution in [2.45, 2.75) is 18.2 Å². The van der Waals surface area contributed by atoms with Gasteiger partial charge >= 0.3 is 0 Å². The first-order chi connectivity index (χ1) is 11.1. The van der Waals surface area contributed by atoms with Gasteiger partial charge in [-0.25, -0.2) is 0 Å². The highest BCUT2D eigenvalue weighted by Gasteiger charge is 2.14. The second-order valence-corrected chi connectivity index (χ2v) is 7.09. The lowest BCUT2D eigenvalue weighted by molar-refractivity contribution is 0.322. The molecule has 0 spiro atoms. The van der Waals surface area contributed by atoms with Crippen LogP contribution in [0.2, 0.25) is 0 Å². The van der Waals surface area contributed by atoms with Gasteiger partial charge in [0, 0.05) is 0 Å². The van der Waals surface area contributed by atoms with Crippen LogP contribution in [0.1, 0.15) is 11.1 Å². The van der Waals surface area contributed by atoms with Crippen LogP contribution in [0.15, 0.2) is 71.6 Å². The van der Waals surface area contributed by atoms with Crippen molar-refractivity contribution in [3.05, 3.63) is 77.9 Å². The fourth-order valence-corrected chi connectivity index (χ4v) is 3.45. The zero-order valence-electron chi connectivity index (χ0n) is 12.9. The zero-order valence-corrected chi connectivity index (χ0v) is 13.7. The van der Waals surface area contributed by atoms with Crippen molar-refractivity contribution in [3.63, 3.8) is 0 Å². The fraction of sp³-hybridized carbons (Fsp3) is 0.158. The van der Waals surface area contributed by atoms with E-state index in [1.165, 1.54) is 0 Å². The smallest absolute Gasteiger partial charge is 0.266 e. The molecule has 0 radical (unpaired) electrons. The molecule has 0 aliphatic heterocycles. The predicted molar refractivity (Wildman–Crippen MR) is 92.0 cm³/mol. The predicted octanol–water partition coefficient (Wildman–Crippen LogP) is 4.10. The number of aryl methyl sites for hydroxylation is 1. The number of fused-ring (bicyclic) bond motifs is 1. The van der Waals surface area contributed by atoms with Crippen molar-refractivity contribution >= 4 is 20.9 Å². The zero-order chi connectivity index (χ0) is 16.3. The standard InChI is InChI=1S/C19H18O3S/c1-15-9-11-18(12-10-15)23(20,21)22-14-13-17-7-4-6-16-5-2-3-8-19(16)17/h2-12H,13-14H2,1H3. The van der Waals surface area contributed by atoms with Crippen LogP contribution in [-0.4, -0.2) is 15.0 Å². The molecule has 0 saturated heterocycles. The minimum absolute atomic E-state index is 0.129. The van der Waals surface area contributed by atoms with Gasteiger partial charge in [-0.2, -0.15) is 8.42 Å². The second-order valence-electron chi connectivity index (χ2n) is 5.48. The van der Waals surface area contributed by atoms with E-state index in [1.54, 1.807) is 24.3 Å². The number of rotatable bonds is 5. The van der Waals surface area contributed by atoms with Crippen molar-refractivity contribution in [1.29, 1.82) is 0 Å². The topological polar surface area (TPSA) is 43.4 Å². The first-order valence-corrected chi connectivity index (χ1v) is 8.90. The third-order valence-electron chi connectivity index (χ3n) is 3.80. The van der Waals surface area contributed by atoms with Crippen LogP contribution in [-0.2, 0) is 20.7 Å². The molecule has 3 nitrogen and oxygen atoms in total. The Labute approximate surface area is 136 Å². The van der Waals surface area contributed by atoms with Gasteiger partial charge in [-0.3, -0.25) is 4.18 Å². The van der Waals surface area contributed by atoms with Gasteiger partial charge in [0.1, 0.15) is 0 Å². The molecule has 0 atom stereocenters. The van der Waals surface area contributed by atoms with E-state index in [2.05, 4.69) is 0 Å². The molecule has 0 heterocycles. The molecule has 0 bridgehead atoms. The first-order valence-electron chi connectivity index (χ1n) is 7.49. The van der Waals surface area contributed by atoms with Crippen molar-refractivity contribution in [2.75, 3.05) is 6.61 Å². The van der Waals surface area contributed by atoms with E-state index in [9.17, 15) is 8.42 Å². The third-order valence-corrected chi connectivity index (χ3v) is 5.13. The number of hydrogen-bond donors (Lipinski definition) is 0. The summed E-state index contributed by atoms with van der Waals surface area (Å²) < 4.78 is 29.5. The summed E-state index contributed by atoms with van der Waals surface area (Å²) in [6.45, 7) is 2.04. The van der Waals surface area contributed by atoms with E-state index < -0.39 is 10.1 Å². The van der Waals surface area contributed by atoms with E-state index in [0.717, 1.165) is 21.9 Å². The van der Waals surface area contributed by atoms with Crippen LogP contribution in [0.5, 0.6) is 0 Å². The van der Waals surface area contributed by atoms with E-state index in [4.69, 9.17) is 4.18 Å². The van der Waals surface area contributed by atoms with E-state index in [-0.39, 0.29) is 11.5 Å². The Balaban J connectivity index is 1.72. The Morgan fingerprint density at radius 1 is 0.870 bits per heavy atom. The Bertz CT molecular complexity index is 908. The second kappa shape index (κ2) is 6.52. The quantitative estimate of drug-likeness (QED) is 0.663. The summed E-state index contributed by atoms with van der Waals surface area (Å²) >= 11 is 0. The highest BCUT2D eigenvalue weighted by Crippen LogP contribution is 2.20. The first kappa shape index (κ1) is 15.7. The van der Waals surface area contributed by atoms with Crippen LogP contribution in [0.25, 0.3) is 10.8 Å². The van der Waals surface area contributed by atoms with Crippen LogP contribution >= 0.6 is 0 Å². The maximum atomic E-state index is 12.2. The van der Waals surface area contributed by atoms with Crippen molar-refractivity contribution in [1.82, 2.24) is 0 Å². The van der Waals surface area contributed by atoms with Crippen LogP contribution in [0, 0.1) is 6.92 Å². The minimum atomic E-state index is -3.70. The minimum Gasteiger partial charge on any atom is -0.266 e. The largest absolute Gasteiger partial charge is 0.296 e. The fourth-order valence-electron chi connectivity index (χ4n) is 2.54. The molecule has 23 heavy (non-hydrogen) atoms. The maximum Gasteiger partial charge on any atom is 0.296 e. The van der Waals surface area contributed by atoms with Crippen LogP contribution in [0.3, 0.4) is 0 Å². The summed E-state index contributed by atoms with van der Waals surface area (Å²) in [5, 5.41) is 2.28. The molecule has 0 saturated carbocycles. The molecule has 3 aromatic rings. The lowest BCUT2D eigenvalue weighted by Gasteiger charge is -2.08. The van der Waals surface area contributed by atoms with E-state index in [0.29, 0.717) is 6.42 Å². The normalized spacial score (nSPS) is 11.7. The Morgan fingerprint density at radius 2 is 1.57 bits per heavy atom. The van der Waals surface area contributed by atoms with Gasteiger partial charge in [-0.05, 0) is 41.8 Å². The average molecular weight is 326 g/mol. The van der Waals surface area contributed by atoms with Crippen LogP contribution < -0.4 is 0 Å². The number of benzene rings is 3. The molecule has 118 valence electrons. The summed E-state index contributed by atoms with van der Waals surface area (Å²) in [6, 6.07) is 20.8. The summed E-state index contributed by atoms with van der Waals surface area (Å²) in [6.07, 6.45) is 0.548. The summed E-state index contributed by atoms with van der Waals surface area (Å²) in [5.41, 5.74) is 2.10. The SMILES string of the molecule is Cc1ccc(S(=O)(=O)OCCc2cccc3ccccc23)cc1. The van der Waals surface area contributed by atoms with Gasteiger partial charge in [-0.1, -0.05) is 60.2 Å². The van der Waals surface area contributed by atoms with Crippen molar-refractivity contribution in [3.8, 4) is 0 Å². The summed E-state index contributed by atoms with van der Waals surface area (Å²) in [7, 11) is -3.70. The monoisotopic (exact) mass is 326 g/mol. The Morgan fingerprint density at radius 3 is 2.35 bits per heavy atom. The van der Waals surface area contributed by atoms with Crippen LogP contribution in [0.4, 0.5) is 0 Å². The highest BCUT2D eigenvalue weighted by molar-refractivity contribution is 7.86. The lowest BCUT2D eigenvalue weighted by Crippen LogP contribution is -2.09. The molecule has 4 heteroatoms. The Hall–Kier alpha value is -2.17. The molecule has 0 aliphatic rings. The Kier molecular flexibility index (Phi) is 4.46. The van der Waals surface area contributed by atoms with Gasteiger partial charge in [0.15, 0.2) is 0 Å². The summed E-state index contributed by atoms with van der Waals surface area (Å²) in [4.78, 5) is 0.195. The average Bonchev–Trinajstić information content (AvgIpc) is 2.55. The number of hydrogen-bond acceptors (Lipinski definition) is 3. The molecular formula is C19H18O3S. The molecule has 0 aromatic heterocycles. The maximum absolute atomic E-state index is 12.2. The summed E-state index contributed by atoms with van der Waals surface area (Å²) in [5.74, 6) is 0. The molecule has 0 amide bonds. The molecule has 0 fully saturated rings.